The molecule has 0 amide bonds. The van der Waals surface area contributed by atoms with Gasteiger partial charge in [0.15, 0.2) is 0 Å². The van der Waals surface area contributed by atoms with E-state index < -0.39 is 9.84 Å². The third-order valence-corrected chi connectivity index (χ3v) is 5.02. The molecule has 0 radical (unpaired) electrons. The maximum Gasteiger partial charge on any atom is 0.150 e. The highest BCUT2D eigenvalue weighted by atomic mass is 32.2. The van der Waals surface area contributed by atoms with Crippen LogP contribution in [-0.4, -0.2) is 26.5 Å². The van der Waals surface area contributed by atoms with Gasteiger partial charge in [0.1, 0.15) is 9.84 Å². The fourth-order valence-electron chi connectivity index (χ4n) is 2.11. The molecule has 0 aliphatic heterocycles. The van der Waals surface area contributed by atoms with Crippen molar-refractivity contribution in [1.29, 1.82) is 0 Å². The van der Waals surface area contributed by atoms with Gasteiger partial charge in [-0.3, -0.25) is 0 Å². The van der Waals surface area contributed by atoms with Gasteiger partial charge < -0.3 is 5.73 Å². The minimum Gasteiger partial charge on any atom is -0.330 e. The minimum absolute atomic E-state index is 0.267. The van der Waals surface area contributed by atoms with Crippen molar-refractivity contribution in [2.24, 2.45) is 5.73 Å². The number of hydrogen-bond acceptors (Lipinski definition) is 3. The van der Waals surface area contributed by atoms with Crippen LogP contribution in [0.2, 0.25) is 0 Å². The number of hydrogen-bond donors (Lipinski definition) is 1. The fraction of sp³-hybridized carbons (Fsp3) is 0.571. The van der Waals surface area contributed by atoms with Crippen LogP contribution in [0.3, 0.4) is 0 Å². The van der Waals surface area contributed by atoms with Gasteiger partial charge in [-0.2, -0.15) is 0 Å². The summed E-state index contributed by atoms with van der Waals surface area (Å²) >= 11 is 0. The molecule has 1 unspecified atom stereocenters. The molecule has 1 atom stereocenters. The topological polar surface area (TPSA) is 60.2 Å². The van der Waals surface area contributed by atoms with Crippen LogP contribution in [0, 0.1) is 0 Å². The maximum atomic E-state index is 11.6. The highest BCUT2D eigenvalue weighted by Gasteiger charge is 2.13. The minimum atomic E-state index is -2.86. The second-order valence-corrected chi connectivity index (χ2v) is 6.94. The second-order valence-electron chi connectivity index (χ2n) is 4.64. The van der Waals surface area contributed by atoms with Gasteiger partial charge in [0.05, 0.1) is 5.75 Å². The van der Waals surface area contributed by atoms with Crippen molar-refractivity contribution in [3.05, 3.63) is 35.9 Å². The highest BCUT2D eigenvalue weighted by Crippen LogP contribution is 2.20. The normalized spacial score (nSPS) is 13.4. The first kappa shape index (κ1) is 15.2. The molecule has 0 saturated heterocycles. The summed E-state index contributed by atoms with van der Waals surface area (Å²) in [5.41, 5.74) is 6.97. The van der Waals surface area contributed by atoms with Crippen molar-refractivity contribution in [3.63, 3.8) is 0 Å². The molecule has 0 heterocycles. The summed E-state index contributed by atoms with van der Waals surface area (Å²) in [6, 6.07) is 10.1. The van der Waals surface area contributed by atoms with Crippen LogP contribution in [0.4, 0.5) is 0 Å². The number of sulfone groups is 1. The van der Waals surface area contributed by atoms with Gasteiger partial charge >= 0.3 is 0 Å². The van der Waals surface area contributed by atoms with Crippen LogP contribution in [0.5, 0.6) is 0 Å². The van der Waals surface area contributed by atoms with Gasteiger partial charge in [0.2, 0.25) is 0 Å². The van der Waals surface area contributed by atoms with Crippen LogP contribution in [-0.2, 0) is 9.84 Å². The quantitative estimate of drug-likeness (QED) is 0.788. The SMILES string of the molecule is CCCS(=O)(=O)CCCC(CN)c1ccccc1. The average Bonchev–Trinajstić information content (AvgIpc) is 2.35. The molecular formula is C14H23NO2S. The predicted molar refractivity (Wildman–Crippen MR) is 76.4 cm³/mol. The van der Waals surface area contributed by atoms with E-state index in [2.05, 4.69) is 12.1 Å². The summed E-state index contributed by atoms with van der Waals surface area (Å²) in [4.78, 5) is 0. The highest BCUT2D eigenvalue weighted by molar-refractivity contribution is 7.91. The molecule has 2 N–H and O–H groups in total. The number of rotatable bonds is 8. The van der Waals surface area contributed by atoms with E-state index in [1.165, 1.54) is 5.56 Å². The molecule has 1 aromatic rings. The van der Waals surface area contributed by atoms with Crippen molar-refractivity contribution in [2.75, 3.05) is 18.1 Å². The van der Waals surface area contributed by atoms with Crippen molar-refractivity contribution in [3.8, 4) is 0 Å². The van der Waals surface area contributed by atoms with Gasteiger partial charge in [0, 0.05) is 5.75 Å². The molecule has 18 heavy (non-hydrogen) atoms. The summed E-state index contributed by atoms with van der Waals surface area (Å²) in [5.74, 6) is 0.846. The Morgan fingerprint density at radius 1 is 1.17 bits per heavy atom. The van der Waals surface area contributed by atoms with E-state index in [1.54, 1.807) is 0 Å². The molecule has 0 aliphatic carbocycles. The zero-order chi connectivity index (χ0) is 13.4. The molecule has 3 nitrogen and oxygen atoms in total. The fourth-order valence-corrected chi connectivity index (χ4v) is 3.54. The van der Waals surface area contributed by atoms with E-state index in [0.717, 1.165) is 6.42 Å². The van der Waals surface area contributed by atoms with Crippen molar-refractivity contribution < 1.29 is 8.42 Å². The summed E-state index contributed by atoms with van der Waals surface area (Å²) in [5, 5.41) is 0. The average molecular weight is 269 g/mol. The van der Waals surface area contributed by atoms with Crippen molar-refractivity contribution in [2.45, 2.75) is 32.1 Å². The Labute approximate surface area is 110 Å². The van der Waals surface area contributed by atoms with Crippen LogP contribution in [0.15, 0.2) is 30.3 Å². The van der Waals surface area contributed by atoms with E-state index in [0.29, 0.717) is 25.1 Å². The van der Waals surface area contributed by atoms with Crippen molar-refractivity contribution in [1.82, 2.24) is 0 Å². The maximum absolute atomic E-state index is 11.6. The van der Waals surface area contributed by atoms with Gasteiger partial charge in [0.25, 0.3) is 0 Å². The Bertz CT molecular complexity index is 428. The molecule has 0 aliphatic rings. The Morgan fingerprint density at radius 2 is 1.83 bits per heavy atom. The molecule has 0 fully saturated rings. The first-order valence-electron chi connectivity index (χ1n) is 6.54. The predicted octanol–water partition coefficient (Wildman–Crippen LogP) is 2.33. The van der Waals surface area contributed by atoms with Gasteiger partial charge in [-0.05, 0) is 37.3 Å². The lowest BCUT2D eigenvalue weighted by atomic mass is 9.95. The van der Waals surface area contributed by atoms with E-state index in [-0.39, 0.29) is 11.7 Å². The lowest BCUT2D eigenvalue weighted by Gasteiger charge is -2.14. The summed E-state index contributed by atoms with van der Waals surface area (Å²) in [7, 11) is -2.86. The van der Waals surface area contributed by atoms with E-state index >= 15 is 0 Å². The van der Waals surface area contributed by atoms with Gasteiger partial charge in [-0.1, -0.05) is 37.3 Å². The summed E-state index contributed by atoms with van der Waals surface area (Å²) in [6.45, 7) is 2.46. The standard InChI is InChI=1S/C14H23NO2S/c1-2-10-18(16,17)11-6-9-14(12-15)13-7-4-3-5-8-13/h3-5,7-8,14H,2,6,9-12,15H2,1H3. The Morgan fingerprint density at radius 3 is 2.39 bits per heavy atom. The number of benzene rings is 1. The second kappa shape index (κ2) is 7.54. The van der Waals surface area contributed by atoms with Gasteiger partial charge in [-0.25, -0.2) is 8.42 Å². The summed E-state index contributed by atoms with van der Waals surface area (Å²) in [6.07, 6.45) is 2.23. The number of nitrogens with two attached hydrogens (primary N) is 1. The monoisotopic (exact) mass is 269 g/mol. The molecule has 1 rings (SSSR count). The molecule has 102 valence electrons. The lowest BCUT2D eigenvalue weighted by Crippen LogP contribution is -2.15. The van der Waals surface area contributed by atoms with E-state index in [1.807, 2.05) is 25.1 Å². The summed E-state index contributed by atoms with van der Waals surface area (Å²) < 4.78 is 23.2. The molecule has 0 aromatic heterocycles. The van der Waals surface area contributed by atoms with E-state index in [9.17, 15) is 8.42 Å². The van der Waals surface area contributed by atoms with Crippen molar-refractivity contribution >= 4 is 9.84 Å². The van der Waals surface area contributed by atoms with Gasteiger partial charge in [-0.15, -0.1) is 0 Å². The van der Waals surface area contributed by atoms with Crippen LogP contribution < -0.4 is 5.73 Å². The molecule has 0 bridgehead atoms. The molecule has 1 aromatic carbocycles. The third-order valence-electron chi connectivity index (χ3n) is 3.08. The lowest BCUT2D eigenvalue weighted by molar-refractivity contribution is 0.579. The first-order chi connectivity index (χ1) is 8.59. The third kappa shape index (κ3) is 5.19. The zero-order valence-corrected chi connectivity index (χ0v) is 11.8. The molecule has 4 heteroatoms. The van der Waals surface area contributed by atoms with E-state index in [4.69, 9.17) is 5.73 Å². The Hall–Kier alpha value is -0.870. The Kier molecular flexibility index (Phi) is 6.36. The zero-order valence-electron chi connectivity index (χ0n) is 11.0. The largest absolute Gasteiger partial charge is 0.330 e. The molecular weight excluding hydrogens is 246 g/mol. The van der Waals surface area contributed by atoms with Crippen LogP contribution in [0.1, 0.15) is 37.7 Å². The van der Waals surface area contributed by atoms with Crippen LogP contribution >= 0.6 is 0 Å². The first-order valence-corrected chi connectivity index (χ1v) is 8.36. The smallest absolute Gasteiger partial charge is 0.150 e. The Balaban J connectivity index is 2.47. The molecule has 0 spiro atoms. The molecule has 0 saturated carbocycles. The van der Waals surface area contributed by atoms with Crippen LogP contribution in [0.25, 0.3) is 0 Å².